The Labute approximate surface area is 112 Å². The van der Waals surface area contributed by atoms with Crippen LogP contribution in [-0.2, 0) is 0 Å². The summed E-state index contributed by atoms with van der Waals surface area (Å²) in [5, 5.41) is 0.592. The molecule has 1 aromatic carbocycles. The summed E-state index contributed by atoms with van der Waals surface area (Å²) in [6, 6.07) is 1.79. The van der Waals surface area contributed by atoms with Gasteiger partial charge in [0.25, 0.3) is 0 Å². The largest absolute Gasteiger partial charge is 0.490 e. The normalized spacial score (nSPS) is 10.8. The van der Waals surface area contributed by atoms with Gasteiger partial charge < -0.3 is 4.74 Å². The van der Waals surface area contributed by atoms with E-state index in [0.717, 1.165) is 11.1 Å². The number of ether oxygens (including phenoxy) is 1. The predicted octanol–water partition coefficient (Wildman–Crippen LogP) is 4.17. The summed E-state index contributed by atoms with van der Waals surface area (Å²) in [5.74, 6) is 0.320. The van der Waals surface area contributed by atoms with Crippen molar-refractivity contribution in [1.29, 1.82) is 0 Å². The molecule has 0 aromatic heterocycles. The molecule has 94 valence electrons. The van der Waals surface area contributed by atoms with Crippen LogP contribution in [-0.4, -0.2) is 17.8 Å². The second-order valence-electron chi connectivity index (χ2n) is 4.23. The smallest absolute Gasteiger partial charge is 0.181 e. The maximum absolute atomic E-state index is 11.8. The van der Waals surface area contributed by atoms with Crippen molar-refractivity contribution in [2.75, 3.05) is 5.88 Å². The lowest BCUT2D eigenvalue weighted by atomic mass is 10.0. The molecule has 0 fully saturated rings. The fraction of sp³-hybridized carbons (Fsp3) is 0.462. The topological polar surface area (TPSA) is 26.3 Å². The molecule has 0 heterocycles. The van der Waals surface area contributed by atoms with E-state index in [-0.39, 0.29) is 17.8 Å². The highest BCUT2D eigenvalue weighted by Crippen LogP contribution is 2.32. The number of hydrogen-bond donors (Lipinski definition) is 0. The molecule has 0 atom stereocenters. The van der Waals surface area contributed by atoms with E-state index in [1.54, 1.807) is 6.07 Å². The molecule has 1 rings (SSSR count). The lowest BCUT2D eigenvalue weighted by Crippen LogP contribution is -2.13. The van der Waals surface area contributed by atoms with Crippen LogP contribution in [0.15, 0.2) is 6.07 Å². The fourth-order valence-corrected chi connectivity index (χ4v) is 1.97. The Bertz CT molecular complexity index is 440. The molecular formula is C13H16Cl2O2. The molecule has 0 saturated heterocycles. The van der Waals surface area contributed by atoms with Gasteiger partial charge in [-0.15, -0.1) is 11.6 Å². The molecule has 0 unspecified atom stereocenters. The summed E-state index contributed by atoms with van der Waals surface area (Å²) in [4.78, 5) is 11.8. The number of carbonyl (C=O) groups is 1. The Kier molecular flexibility index (Phi) is 4.84. The van der Waals surface area contributed by atoms with Crippen LogP contribution in [0.5, 0.6) is 5.75 Å². The number of Topliss-reactive ketones (excluding diaryl/α,β-unsaturated/α-hetero) is 1. The highest BCUT2D eigenvalue weighted by Gasteiger charge is 2.19. The zero-order valence-corrected chi connectivity index (χ0v) is 11.9. The number of halogens is 2. The van der Waals surface area contributed by atoms with E-state index in [2.05, 4.69) is 0 Å². The van der Waals surface area contributed by atoms with Crippen molar-refractivity contribution in [3.8, 4) is 5.75 Å². The molecule has 0 spiro atoms. The van der Waals surface area contributed by atoms with Gasteiger partial charge in [0, 0.05) is 5.02 Å². The van der Waals surface area contributed by atoms with E-state index in [0.29, 0.717) is 16.3 Å². The van der Waals surface area contributed by atoms with Crippen LogP contribution in [0.4, 0.5) is 0 Å². The third-order valence-electron chi connectivity index (χ3n) is 2.41. The van der Waals surface area contributed by atoms with Gasteiger partial charge in [0.2, 0.25) is 0 Å². The molecule has 0 amide bonds. The van der Waals surface area contributed by atoms with E-state index in [9.17, 15) is 4.79 Å². The van der Waals surface area contributed by atoms with E-state index in [4.69, 9.17) is 27.9 Å². The molecule has 17 heavy (non-hydrogen) atoms. The summed E-state index contributed by atoms with van der Waals surface area (Å²) in [6.07, 6.45) is -0.00292. The SMILES string of the molecule is Cc1cc(OC(C)C)c(C(=O)CCl)c(C)c1Cl. The third kappa shape index (κ3) is 3.14. The second-order valence-corrected chi connectivity index (χ2v) is 4.87. The number of hydrogen-bond acceptors (Lipinski definition) is 2. The van der Waals surface area contributed by atoms with Crippen LogP contribution in [0.25, 0.3) is 0 Å². The quantitative estimate of drug-likeness (QED) is 0.609. The van der Waals surface area contributed by atoms with Gasteiger partial charge in [0.15, 0.2) is 5.78 Å². The van der Waals surface area contributed by atoms with Crippen molar-refractivity contribution < 1.29 is 9.53 Å². The lowest BCUT2D eigenvalue weighted by Gasteiger charge is -2.17. The zero-order chi connectivity index (χ0) is 13.2. The molecular weight excluding hydrogens is 259 g/mol. The summed E-state index contributed by atoms with van der Waals surface area (Å²) in [6.45, 7) is 7.52. The summed E-state index contributed by atoms with van der Waals surface area (Å²) in [7, 11) is 0. The van der Waals surface area contributed by atoms with Gasteiger partial charge in [-0.2, -0.15) is 0 Å². The molecule has 0 aliphatic heterocycles. The fourth-order valence-electron chi connectivity index (χ4n) is 1.68. The number of rotatable bonds is 4. The molecule has 0 radical (unpaired) electrons. The van der Waals surface area contributed by atoms with Crippen molar-refractivity contribution in [2.45, 2.75) is 33.8 Å². The van der Waals surface area contributed by atoms with E-state index >= 15 is 0 Å². The van der Waals surface area contributed by atoms with Gasteiger partial charge >= 0.3 is 0 Å². The van der Waals surface area contributed by atoms with Crippen molar-refractivity contribution in [3.63, 3.8) is 0 Å². The Hall–Kier alpha value is -0.730. The first-order valence-electron chi connectivity index (χ1n) is 5.44. The van der Waals surface area contributed by atoms with E-state index in [1.165, 1.54) is 0 Å². The minimum absolute atomic E-state index is 0.00292. The first-order chi connectivity index (χ1) is 7.88. The Morgan fingerprint density at radius 3 is 2.47 bits per heavy atom. The number of aryl methyl sites for hydroxylation is 1. The Balaban J connectivity index is 3.40. The van der Waals surface area contributed by atoms with Crippen molar-refractivity contribution >= 4 is 29.0 Å². The standard InChI is InChI=1S/C13H16Cl2O2/c1-7(2)17-11-5-8(3)13(15)9(4)12(11)10(16)6-14/h5,7H,6H2,1-4H3. The minimum Gasteiger partial charge on any atom is -0.490 e. The molecule has 0 aliphatic carbocycles. The van der Waals surface area contributed by atoms with Crippen LogP contribution >= 0.6 is 23.2 Å². The highest BCUT2D eigenvalue weighted by molar-refractivity contribution is 6.34. The summed E-state index contributed by atoms with van der Waals surface area (Å²) in [5.41, 5.74) is 2.11. The van der Waals surface area contributed by atoms with Gasteiger partial charge in [0.05, 0.1) is 17.5 Å². The monoisotopic (exact) mass is 274 g/mol. The van der Waals surface area contributed by atoms with E-state index < -0.39 is 0 Å². The third-order valence-corrected chi connectivity index (χ3v) is 3.23. The molecule has 0 N–H and O–H groups in total. The predicted molar refractivity (Wildman–Crippen MR) is 71.7 cm³/mol. The Morgan fingerprint density at radius 1 is 1.41 bits per heavy atom. The van der Waals surface area contributed by atoms with Crippen LogP contribution in [0, 0.1) is 13.8 Å². The maximum Gasteiger partial charge on any atom is 0.181 e. The van der Waals surface area contributed by atoms with Gasteiger partial charge in [-0.1, -0.05) is 11.6 Å². The van der Waals surface area contributed by atoms with Gasteiger partial charge in [-0.05, 0) is 44.9 Å². The van der Waals surface area contributed by atoms with Gasteiger partial charge in [0.1, 0.15) is 5.75 Å². The van der Waals surface area contributed by atoms with Crippen LogP contribution in [0.1, 0.15) is 35.3 Å². The minimum atomic E-state index is -0.165. The first kappa shape index (κ1) is 14.3. The highest BCUT2D eigenvalue weighted by atomic mass is 35.5. The molecule has 0 saturated carbocycles. The Morgan fingerprint density at radius 2 is 2.00 bits per heavy atom. The second kappa shape index (κ2) is 5.74. The number of carbonyl (C=O) groups excluding carboxylic acids is 1. The molecule has 2 nitrogen and oxygen atoms in total. The average Bonchev–Trinajstić information content (AvgIpc) is 2.25. The van der Waals surface area contributed by atoms with Crippen molar-refractivity contribution in [1.82, 2.24) is 0 Å². The number of alkyl halides is 1. The average molecular weight is 275 g/mol. The van der Waals surface area contributed by atoms with Crippen LogP contribution in [0.2, 0.25) is 5.02 Å². The zero-order valence-electron chi connectivity index (χ0n) is 10.4. The van der Waals surface area contributed by atoms with Crippen LogP contribution < -0.4 is 4.74 Å². The molecule has 0 bridgehead atoms. The number of ketones is 1. The van der Waals surface area contributed by atoms with Crippen molar-refractivity contribution in [3.05, 3.63) is 27.8 Å². The van der Waals surface area contributed by atoms with Crippen LogP contribution in [0.3, 0.4) is 0 Å². The molecule has 0 aliphatic rings. The molecule has 1 aromatic rings. The van der Waals surface area contributed by atoms with E-state index in [1.807, 2.05) is 27.7 Å². The first-order valence-corrected chi connectivity index (χ1v) is 6.35. The lowest BCUT2D eigenvalue weighted by molar-refractivity contribution is 0.101. The number of benzene rings is 1. The van der Waals surface area contributed by atoms with Crippen molar-refractivity contribution in [2.24, 2.45) is 0 Å². The maximum atomic E-state index is 11.8. The van der Waals surface area contributed by atoms with Gasteiger partial charge in [-0.3, -0.25) is 4.79 Å². The summed E-state index contributed by atoms with van der Waals surface area (Å²) >= 11 is 11.8. The molecule has 4 heteroatoms. The van der Waals surface area contributed by atoms with Gasteiger partial charge in [-0.25, -0.2) is 0 Å². The summed E-state index contributed by atoms with van der Waals surface area (Å²) < 4.78 is 5.65.